The fourth-order valence-electron chi connectivity index (χ4n) is 2.31. The van der Waals surface area contributed by atoms with E-state index in [0.29, 0.717) is 25.1 Å². The smallest absolute Gasteiger partial charge is 0.218 e. The van der Waals surface area contributed by atoms with E-state index in [9.17, 15) is 0 Å². The van der Waals surface area contributed by atoms with Gasteiger partial charge in [0, 0.05) is 24.3 Å². The van der Waals surface area contributed by atoms with Crippen LogP contribution in [-0.4, -0.2) is 23.5 Å². The van der Waals surface area contributed by atoms with E-state index in [1.807, 2.05) is 42.5 Å². The van der Waals surface area contributed by atoms with Crippen LogP contribution in [0.3, 0.4) is 0 Å². The average molecular weight is 324 g/mol. The summed E-state index contributed by atoms with van der Waals surface area (Å²) >= 11 is 0. The van der Waals surface area contributed by atoms with Crippen molar-refractivity contribution in [2.24, 2.45) is 4.99 Å². The predicted octanol–water partition coefficient (Wildman–Crippen LogP) is 2.88. The topological polar surface area (TPSA) is 58.5 Å². The first kappa shape index (κ1) is 16.3. The highest BCUT2D eigenvalue weighted by Crippen LogP contribution is 2.19. The van der Waals surface area contributed by atoms with Crippen molar-refractivity contribution in [3.63, 3.8) is 0 Å². The molecule has 1 saturated carbocycles. The summed E-state index contributed by atoms with van der Waals surface area (Å²) in [5.74, 6) is 1.50. The zero-order chi connectivity index (χ0) is 16.6. The van der Waals surface area contributed by atoms with Gasteiger partial charge in [-0.2, -0.15) is 0 Å². The molecular weight excluding hydrogens is 300 g/mol. The molecule has 0 spiro atoms. The first-order valence-electron chi connectivity index (χ1n) is 8.50. The minimum Gasteiger partial charge on any atom is -0.473 e. The zero-order valence-corrected chi connectivity index (χ0v) is 14.0. The number of hydrogen-bond donors (Lipinski definition) is 2. The predicted molar refractivity (Wildman–Crippen MR) is 96.0 cm³/mol. The summed E-state index contributed by atoms with van der Waals surface area (Å²) in [6.45, 7) is 3.97. The molecule has 0 amide bonds. The van der Waals surface area contributed by atoms with E-state index < -0.39 is 0 Å². The minimum absolute atomic E-state index is 0.509. The third-order valence-corrected chi connectivity index (χ3v) is 3.74. The van der Waals surface area contributed by atoms with Crippen molar-refractivity contribution in [3.8, 4) is 5.88 Å². The van der Waals surface area contributed by atoms with Crippen LogP contribution in [0.2, 0.25) is 0 Å². The number of nitrogens with one attached hydrogen (secondary N) is 2. The molecule has 3 rings (SSSR count). The fraction of sp³-hybridized carbons (Fsp3) is 0.368. The van der Waals surface area contributed by atoms with E-state index in [0.717, 1.165) is 23.6 Å². The van der Waals surface area contributed by atoms with E-state index in [-0.39, 0.29) is 0 Å². The van der Waals surface area contributed by atoms with E-state index in [1.165, 1.54) is 12.8 Å². The zero-order valence-electron chi connectivity index (χ0n) is 14.0. The molecule has 1 aromatic carbocycles. The Kier molecular flexibility index (Phi) is 5.66. The number of hydrogen-bond acceptors (Lipinski definition) is 3. The van der Waals surface area contributed by atoms with Crippen LogP contribution in [-0.2, 0) is 13.2 Å². The maximum atomic E-state index is 5.89. The number of aliphatic imine (C=N–C) groups is 1. The standard InChI is InChI=1S/C19H24N4O/c1-2-20-19(23-17-10-11-17)22-13-16-9-6-12-21-18(16)24-14-15-7-4-3-5-8-15/h3-9,12,17H,2,10-11,13-14H2,1H3,(H2,20,22,23). The molecule has 0 bridgehead atoms. The maximum absolute atomic E-state index is 5.89. The Morgan fingerprint density at radius 3 is 2.79 bits per heavy atom. The molecule has 1 fully saturated rings. The molecule has 2 N–H and O–H groups in total. The van der Waals surface area contributed by atoms with Gasteiger partial charge in [0.25, 0.3) is 0 Å². The Balaban J connectivity index is 1.64. The fourth-order valence-corrected chi connectivity index (χ4v) is 2.31. The lowest BCUT2D eigenvalue weighted by Gasteiger charge is -2.12. The second-order valence-electron chi connectivity index (χ2n) is 5.86. The number of ether oxygens (including phenoxy) is 1. The Morgan fingerprint density at radius 1 is 1.21 bits per heavy atom. The SMILES string of the molecule is CCNC(=NCc1cccnc1OCc1ccccc1)NC1CC1. The molecule has 0 atom stereocenters. The Bertz CT molecular complexity index is 668. The van der Waals surface area contributed by atoms with Gasteiger partial charge in [-0.15, -0.1) is 0 Å². The van der Waals surface area contributed by atoms with Crippen molar-refractivity contribution in [3.05, 3.63) is 59.8 Å². The molecule has 0 unspecified atom stereocenters. The van der Waals surface area contributed by atoms with Crippen LogP contribution in [0.15, 0.2) is 53.7 Å². The number of benzene rings is 1. The number of rotatable bonds is 7. The summed E-state index contributed by atoms with van der Waals surface area (Å²) in [6, 6.07) is 14.6. The van der Waals surface area contributed by atoms with E-state index >= 15 is 0 Å². The molecule has 126 valence electrons. The molecule has 1 aliphatic rings. The molecule has 24 heavy (non-hydrogen) atoms. The summed E-state index contributed by atoms with van der Waals surface area (Å²) < 4.78 is 5.89. The van der Waals surface area contributed by atoms with Gasteiger partial charge >= 0.3 is 0 Å². The van der Waals surface area contributed by atoms with Crippen molar-refractivity contribution in [2.45, 2.75) is 39.0 Å². The normalized spacial score (nSPS) is 14.3. The summed E-state index contributed by atoms with van der Waals surface area (Å²) in [5.41, 5.74) is 2.11. The van der Waals surface area contributed by atoms with Crippen molar-refractivity contribution >= 4 is 5.96 Å². The van der Waals surface area contributed by atoms with Gasteiger partial charge in [-0.3, -0.25) is 0 Å². The highest BCUT2D eigenvalue weighted by Gasteiger charge is 2.22. The molecule has 0 aliphatic heterocycles. The van der Waals surface area contributed by atoms with Crippen LogP contribution < -0.4 is 15.4 Å². The number of aromatic nitrogens is 1. The number of guanidine groups is 1. The van der Waals surface area contributed by atoms with Crippen LogP contribution in [0.25, 0.3) is 0 Å². The molecule has 1 heterocycles. The minimum atomic E-state index is 0.509. The monoisotopic (exact) mass is 324 g/mol. The van der Waals surface area contributed by atoms with Gasteiger partial charge in [0.05, 0.1) is 6.54 Å². The highest BCUT2D eigenvalue weighted by molar-refractivity contribution is 5.80. The van der Waals surface area contributed by atoms with Crippen LogP contribution in [0.1, 0.15) is 30.9 Å². The quantitative estimate of drug-likeness (QED) is 0.607. The Morgan fingerprint density at radius 2 is 2.04 bits per heavy atom. The van der Waals surface area contributed by atoms with Gasteiger partial charge < -0.3 is 15.4 Å². The summed E-state index contributed by atoms with van der Waals surface area (Å²) in [7, 11) is 0. The van der Waals surface area contributed by atoms with Crippen LogP contribution in [0.5, 0.6) is 5.88 Å². The van der Waals surface area contributed by atoms with Gasteiger partial charge in [0.1, 0.15) is 6.61 Å². The Labute approximate surface area is 143 Å². The lowest BCUT2D eigenvalue weighted by molar-refractivity contribution is 0.290. The van der Waals surface area contributed by atoms with Crippen molar-refractivity contribution in [1.82, 2.24) is 15.6 Å². The lowest BCUT2D eigenvalue weighted by Crippen LogP contribution is -2.38. The second kappa shape index (κ2) is 8.34. The summed E-state index contributed by atoms with van der Waals surface area (Å²) in [4.78, 5) is 9.01. The lowest BCUT2D eigenvalue weighted by atomic mass is 10.2. The van der Waals surface area contributed by atoms with Gasteiger partial charge in [-0.25, -0.2) is 9.98 Å². The average Bonchev–Trinajstić information content (AvgIpc) is 3.44. The third kappa shape index (κ3) is 4.98. The third-order valence-electron chi connectivity index (χ3n) is 3.74. The number of pyridine rings is 1. The van der Waals surface area contributed by atoms with Crippen molar-refractivity contribution in [2.75, 3.05) is 6.54 Å². The molecule has 5 heteroatoms. The van der Waals surface area contributed by atoms with Gasteiger partial charge in [0.2, 0.25) is 5.88 Å². The molecule has 1 aliphatic carbocycles. The highest BCUT2D eigenvalue weighted by atomic mass is 16.5. The first-order valence-corrected chi connectivity index (χ1v) is 8.50. The largest absolute Gasteiger partial charge is 0.473 e. The van der Waals surface area contributed by atoms with E-state index in [2.05, 4.69) is 27.5 Å². The van der Waals surface area contributed by atoms with E-state index in [4.69, 9.17) is 4.74 Å². The van der Waals surface area contributed by atoms with E-state index in [1.54, 1.807) is 6.20 Å². The van der Waals surface area contributed by atoms with Gasteiger partial charge in [0.15, 0.2) is 5.96 Å². The van der Waals surface area contributed by atoms with Crippen LogP contribution in [0, 0.1) is 0 Å². The van der Waals surface area contributed by atoms with Crippen molar-refractivity contribution < 1.29 is 4.74 Å². The molecule has 5 nitrogen and oxygen atoms in total. The first-order chi connectivity index (χ1) is 11.8. The maximum Gasteiger partial charge on any atom is 0.218 e. The molecule has 2 aromatic rings. The molecular formula is C19H24N4O. The summed E-state index contributed by atoms with van der Waals surface area (Å²) in [6.07, 6.45) is 4.20. The molecule has 0 radical (unpaired) electrons. The van der Waals surface area contributed by atoms with Crippen LogP contribution >= 0.6 is 0 Å². The molecule has 1 aromatic heterocycles. The summed E-state index contributed by atoms with van der Waals surface area (Å²) in [5, 5.41) is 6.70. The second-order valence-corrected chi connectivity index (χ2v) is 5.86. The van der Waals surface area contributed by atoms with Gasteiger partial charge in [-0.05, 0) is 31.4 Å². The Hall–Kier alpha value is -2.56. The van der Waals surface area contributed by atoms with Crippen LogP contribution in [0.4, 0.5) is 0 Å². The molecule has 0 saturated heterocycles. The van der Waals surface area contributed by atoms with Gasteiger partial charge in [-0.1, -0.05) is 36.4 Å². The van der Waals surface area contributed by atoms with Crippen molar-refractivity contribution in [1.29, 1.82) is 0 Å². The number of nitrogens with zero attached hydrogens (tertiary/aromatic N) is 2.